The summed E-state index contributed by atoms with van der Waals surface area (Å²) in [5.41, 5.74) is 2.06. The molecule has 0 saturated carbocycles. The Kier molecular flexibility index (Phi) is 4.63. The van der Waals surface area contributed by atoms with Crippen LogP contribution < -0.4 is 5.32 Å². The van der Waals surface area contributed by atoms with Crippen LogP contribution in [0.2, 0.25) is 0 Å². The minimum Gasteiger partial charge on any atom is -0.318 e. The molecule has 2 aromatic heterocycles. The topological polar surface area (TPSA) is 70.7 Å². The molecule has 0 aliphatic carbocycles. The Morgan fingerprint density at radius 3 is 2.61 bits per heavy atom. The lowest BCUT2D eigenvalue weighted by atomic mass is 10.1. The van der Waals surface area contributed by atoms with Gasteiger partial charge in [0.15, 0.2) is 0 Å². The molecule has 0 spiro atoms. The monoisotopic (exact) mass is 376 g/mol. The van der Waals surface area contributed by atoms with Gasteiger partial charge in [0.1, 0.15) is 17.3 Å². The molecule has 0 aliphatic heterocycles. The van der Waals surface area contributed by atoms with E-state index in [-0.39, 0.29) is 17.2 Å². The van der Waals surface area contributed by atoms with Gasteiger partial charge in [-0.05, 0) is 42.0 Å². The van der Waals surface area contributed by atoms with Crippen LogP contribution >= 0.6 is 0 Å². The summed E-state index contributed by atoms with van der Waals surface area (Å²) in [5, 5.41) is 10.1. The van der Waals surface area contributed by atoms with E-state index in [0.29, 0.717) is 16.6 Å². The number of nitrogens with zero attached hydrogens (tertiary/aromatic N) is 2. The van der Waals surface area contributed by atoms with Crippen molar-refractivity contribution in [1.29, 1.82) is 0 Å². The van der Waals surface area contributed by atoms with Crippen molar-refractivity contribution < 1.29 is 13.6 Å². The SMILES string of the molecule is O=C(Nc1cc2c(/C=C/c3ccc(F)cc3)n[nH]c2cc1F)c1ccccn1. The van der Waals surface area contributed by atoms with Crippen LogP contribution in [0.25, 0.3) is 23.1 Å². The molecule has 2 heterocycles. The first-order chi connectivity index (χ1) is 13.6. The van der Waals surface area contributed by atoms with Crippen molar-refractivity contribution in [3.05, 3.63) is 89.4 Å². The third kappa shape index (κ3) is 3.64. The number of rotatable bonds is 4. The van der Waals surface area contributed by atoms with E-state index >= 15 is 0 Å². The zero-order valence-corrected chi connectivity index (χ0v) is 14.5. The Morgan fingerprint density at radius 1 is 1.04 bits per heavy atom. The van der Waals surface area contributed by atoms with Gasteiger partial charge >= 0.3 is 0 Å². The predicted octanol–water partition coefficient (Wildman–Crippen LogP) is 4.66. The number of fused-ring (bicyclic) bond motifs is 1. The zero-order valence-electron chi connectivity index (χ0n) is 14.5. The van der Waals surface area contributed by atoms with E-state index in [0.717, 1.165) is 5.56 Å². The van der Waals surface area contributed by atoms with Crippen LogP contribution in [0.5, 0.6) is 0 Å². The second-order valence-corrected chi connectivity index (χ2v) is 6.04. The van der Waals surface area contributed by atoms with Crippen molar-refractivity contribution in [3.63, 3.8) is 0 Å². The van der Waals surface area contributed by atoms with Crippen molar-refractivity contribution >= 4 is 34.6 Å². The molecule has 0 bridgehead atoms. The maximum atomic E-state index is 14.4. The Morgan fingerprint density at radius 2 is 1.86 bits per heavy atom. The lowest BCUT2D eigenvalue weighted by molar-refractivity contribution is 0.102. The van der Waals surface area contributed by atoms with Crippen molar-refractivity contribution in [1.82, 2.24) is 15.2 Å². The van der Waals surface area contributed by atoms with Crippen LogP contribution in [0, 0.1) is 11.6 Å². The fourth-order valence-corrected chi connectivity index (χ4v) is 2.71. The first kappa shape index (κ1) is 17.5. The Balaban J connectivity index is 1.64. The smallest absolute Gasteiger partial charge is 0.274 e. The lowest BCUT2D eigenvalue weighted by Gasteiger charge is -2.06. The van der Waals surface area contributed by atoms with Gasteiger partial charge in [0, 0.05) is 17.6 Å². The molecule has 4 aromatic rings. The van der Waals surface area contributed by atoms with Gasteiger partial charge in [-0.1, -0.05) is 24.3 Å². The second kappa shape index (κ2) is 7.40. The van der Waals surface area contributed by atoms with Crippen molar-refractivity contribution in [2.75, 3.05) is 5.32 Å². The molecule has 28 heavy (non-hydrogen) atoms. The lowest BCUT2D eigenvalue weighted by Crippen LogP contribution is -2.14. The molecule has 4 rings (SSSR count). The number of carbonyl (C=O) groups is 1. The Hall–Kier alpha value is -3.87. The molecule has 0 radical (unpaired) electrons. The van der Waals surface area contributed by atoms with Crippen molar-refractivity contribution in [2.45, 2.75) is 0 Å². The number of carbonyl (C=O) groups excluding carboxylic acids is 1. The van der Waals surface area contributed by atoms with Gasteiger partial charge in [0.25, 0.3) is 5.91 Å². The van der Waals surface area contributed by atoms with E-state index in [1.165, 1.54) is 30.5 Å². The fraction of sp³-hybridized carbons (Fsp3) is 0. The minimum atomic E-state index is -0.588. The summed E-state index contributed by atoms with van der Waals surface area (Å²) >= 11 is 0. The van der Waals surface area contributed by atoms with E-state index in [4.69, 9.17) is 0 Å². The molecule has 7 heteroatoms. The van der Waals surface area contributed by atoms with Crippen LogP contribution in [-0.2, 0) is 0 Å². The van der Waals surface area contributed by atoms with Gasteiger partial charge in [0.05, 0.1) is 16.9 Å². The van der Waals surface area contributed by atoms with Gasteiger partial charge < -0.3 is 5.32 Å². The van der Waals surface area contributed by atoms with Gasteiger partial charge in [-0.25, -0.2) is 8.78 Å². The van der Waals surface area contributed by atoms with E-state index in [1.54, 1.807) is 42.5 Å². The van der Waals surface area contributed by atoms with Crippen LogP contribution in [0.15, 0.2) is 60.8 Å². The quantitative estimate of drug-likeness (QED) is 0.544. The minimum absolute atomic E-state index is 0.0287. The standard InChI is InChI=1S/C21H14F2N4O/c22-14-7-4-13(5-8-14)6-9-17-15-11-20(16(23)12-19(15)27-26-17)25-21(28)18-3-1-2-10-24-18/h1-12H,(H,25,28)(H,26,27)/b9-6+. The molecule has 0 saturated heterocycles. The molecular weight excluding hydrogens is 362 g/mol. The number of pyridine rings is 1. The highest BCUT2D eigenvalue weighted by Crippen LogP contribution is 2.25. The summed E-state index contributed by atoms with van der Waals surface area (Å²) in [5.74, 6) is -1.41. The third-order valence-corrected chi connectivity index (χ3v) is 4.13. The summed E-state index contributed by atoms with van der Waals surface area (Å²) in [4.78, 5) is 16.2. The van der Waals surface area contributed by atoms with E-state index in [2.05, 4.69) is 20.5 Å². The normalized spacial score (nSPS) is 11.2. The zero-order chi connectivity index (χ0) is 19.5. The molecule has 138 valence electrons. The molecule has 0 fully saturated rings. The number of aromatic nitrogens is 3. The van der Waals surface area contributed by atoms with Crippen LogP contribution in [0.1, 0.15) is 21.7 Å². The summed E-state index contributed by atoms with van der Waals surface area (Å²) in [6, 6.07) is 13.7. The maximum absolute atomic E-state index is 14.4. The molecule has 2 aromatic carbocycles. The predicted molar refractivity (Wildman–Crippen MR) is 104 cm³/mol. The molecule has 2 N–H and O–H groups in total. The fourth-order valence-electron chi connectivity index (χ4n) is 2.71. The average Bonchev–Trinajstić information content (AvgIpc) is 3.10. The van der Waals surface area contributed by atoms with E-state index in [1.807, 2.05) is 0 Å². The van der Waals surface area contributed by atoms with Crippen LogP contribution in [-0.4, -0.2) is 21.1 Å². The second-order valence-electron chi connectivity index (χ2n) is 6.04. The number of hydrogen-bond donors (Lipinski definition) is 2. The number of amides is 1. The van der Waals surface area contributed by atoms with Gasteiger partial charge in [-0.15, -0.1) is 0 Å². The summed E-state index contributed by atoms with van der Waals surface area (Å²) in [6.07, 6.45) is 4.99. The Labute approximate surface area is 158 Å². The Bertz CT molecular complexity index is 1170. The summed E-state index contributed by atoms with van der Waals surface area (Å²) in [7, 11) is 0. The highest BCUT2D eigenvalue weighted by Gasteiger charge is 2.13. The molecule has 5 nitrogen and oxygen atoms in total. The van der Waals surface area contributed by atoms with Crippen LogP contribution in [0.4, 0.5) is 14.5 Å². The molecule has 0 atom stereocenters. The van der Waals surface area contributed by atoms with Gasteiger partial charge in [-0.2, -0.15) is 5.10 Å². The number of nitrogens with one attached hydrogen (secondary N) is 2. The van der Waals surface area contributed by atoms with Crippen LogP contribution in [0.3, 0.4) is 0 Å². The maximum Gasteiger partial charge on any atom is 0.274 e. The number of anilines is 1. The van der Waals surface area contributed by atoms with E-state index in [9.17, 15) is 13.6 Å². The van der Waals surface area contributed by atoms with E-state index < -0.39 is 11.7 Å². The van der Waals surface area contributed by atoms with Crippen molar-refractivity contribution in [2.24, 2.45) is 0 Å². The van der Waals surface area contributed by atoms with Gasteiger partial charge in [-0.3, -0.25) is 14.9 Å². The summed E-state index contributed by atoms with van der Waals surface area (Å²) in [6.45, 7) is 0. The molecule has 1 amide bonds. The number of halogens is 2. The molecule has 0 unspecified atom stereocenters. The van der Waals surface area contributed by atoms with Gasteiger partial charge in [0.2, 0.25) is 0 Å². The number of aromatic amines is 1. The molecular formula is C21H14F2N4O. The number of benzene rings is 2. The highest BCUT2D eigenvalue weighted by molar-refractivity contribution is 6.04. The largest absolute Gasteiger partial charge is 0.318 e. The highest BCUT2D eigenvalue weighted by atomic mass is 19.1. The molecule has 0 aliphatic rings. The van der Waals surface area contributed by atoms with Crippen molar-refractivity contribution in [3.8, 4) is 0 Å². The average molecular weight is 376 g/mol. The first-order valence-corrected chi connectivity index (χ1v) is 8.44. The first-order valence-electron chi connectivity index (χ1n) is 8.44. The number of H-pyrrole nitrogens is 1. The number of hydrogen-bond acceptors (Lipinski definition) is 3. The summed E-state index contributed by atoms with van der Waals surface area (Å²) < 4.78 is 27.4. The third-order valence-electron chi connectivity index (χ3n) is 4.13.